The van der Waals surface area contributed by atoms with E-state index in [2.05, 4.69) is 5.32 Å². The Morgan fingerprint density at radius 2 is 2.08 bits per heavy atom. The van der Waals surface area contributed by atoms with Crippen LogP contribution in [0.15, 0.2) is 18.2 Å². The predicted molar refractivity (Wildman–Crippen MR) is 90.2 cm³/mol. The van der Waals surface area contributed by atoms with Crippen LogP contribution in [0.3, 0.4) is 0 Å². The lowest BCUT2D eigenvalue weighted by Crippen LogP contribution is -2.48. The second-order valence-electron chi connectivity index (χ2n) is 6.52. The van der Waals surface area contributed by atoms with Crippen LogP contribution < -0.4 is 15.0 Å². The lowest BCUT2D eigenvalue weighted by molar-refractivity contribution is -0.125. The van der Waals surface area contributed by atoms with Crippen molar-refractivity contribution in [2.75, 3.05) is 25.2 Å². The lowest BCUT2D eigenvalue weighted by Gasteiger charge is -2.31. The van der Waals surface area contributed by atoms with E-state index in [4.69, 9.17) is 9.47 Å². The number of amides is 2. The molecule has 1 aliphatic carbocycles. The Kier molecular flexibility index (Phi) is 5.04. The van der Waals surface area contributed by atoms with Gasteiger partial charge in [-0.1, -0.05) is 6.07 Å². The molecule has 0 radical (unpaired) electrons. The molecule has 6 heteroatoms. The molecule has 3 rings (SSSR count). The van der Waals surface area contributed by atoms with Gasteiger partial charge in [-0.3, -0.25) is 14.5 Å². The minimum absolute atomic E-state index is 0.0255. The third-order valence-corrected chi connectivity index (χ3v) is 4.73. The average Bonchev–Trinajstić information content (AvgIpc) is 2.58. The lowest BCUT2D eigenvalue weighted by atomic mass is 9.93. The van der Waals surface area contributed by atoms with Crippen molar-refractivity contribution in [3.05, 3.63) is 23.8 Å². The first-order valence-corrected chi connectivity index (χ1v) is 8.43. The molecule has 1 aromatic carbocycles. The Hall–Kier alpha value is -2.08. The van der Waals surface area contributed by atoms with Gasteiger partial charge in [0, 0.05) is 13.2 Å². The topological polar surface area (TPSA) is 67.9 Å². The standard InChI is InChI=1S/C18H24N2O4/c1-12-3-8-16-15(9-12)20(18(22)11-24-16)10-17(21)19-13-4-6-14(23-2)7-5-13/h3,8-9,13-14H,4-7,10-11H2,1-2H3,(H,19,21). The highest BCUT2D eigenvalue weighted by molar-refractivity contribution is 6.02. The molecule has 2 aliphatic rings. The quantitative estimate of drug-likeness (QED) is 0.913. The zero-order valence-electron chi connectivity index (χ0n) is 14.2. The molecule has 0 bridgehead atoms. The van der Waals surface area contributed by atoms with Crippen molar-refractivity contribution >= 4 is 17.5 Å². The average molecular weight is 332 g/mol. The number of carbonyl (C=O) groups excluding carboxylic acids is 2. The van der Waals surface area contributed by atoms with Crippen molar-refractivity contribution in [2.45, 2.75) is 44.8 Å². The van der Waals surface area contributed by atoms with Crippen molar-refractivity contribution in [2.24, 2.45) is 0 Å². The van der Waals surface area contributed by atoms with E-state index in [0.717, 1.165) is 31.2 Å². The normalized spacial score (nSPS) is 23.4. The summed E-state index contributed by atoms with van der Waals surface area (Å²) in [6.45, 7) is 1.96. The van der Waals surface area contributed by atoms with Gasteiger partial charge in [-0.05, 0) is 50.3 Å². The van der Waals surface area contributed by atoms with E-state index in [-0.39, 0.29) is 31.0 Å². The molecule has 1 N–H and O–H groups in total. The van der Waals surface area contributed by atoms with Gasteiger partial charge in [-0.15, -0.1) is 0 Å². The number of rotatable bonds is 4. The van der Waals surface area contributed by atoms with E-state index in [0.29, 0.717) is 17.5 Å². The number of hydrogen-bond acceptors (Lipinski definition) is 4. The second-order valence-corrected chi connectivity index (χ2v) is 6.52. The molecule has 0 spiro atoms. The van der Waals surface area contributed by atoms with Gasteiger partial charge in [0.15, 0.2) is 6.61 Å². The number of carbonyl (C=O) groups is 2. The number of aryl methyl sites for hydroxylation is 1. The third-order valence-electron chi connectivity index (χ3n) is 4.73. The summed E-state index contributed by atoms with van der Waals surface area (Å²) in [4.78, 5) is 26.1. The van der Waals surface area contributed by atoms with Gasteiger partial charge in [0.05, 0.1) is 11.8 Å². The molecule has 6 nitrogen and oxygen atoms in total. The Balaban J connectivity index is 1.62. The third kappa shape index (κ3) is 3.70. The maximum atomic E-state index is 12.4. The zero-order chi connectivity index (χ0) is 17.1. The maximum absolute atomic E-state index is 12.4. The second kappa shape index (κ2) is 7.21. The van der Waals surface area contributed by atoms with Crippen LogP contribution >= 0.6 is 0 Å². The summed E-state index contributed by atoms with van der Waals surface area (Å²) in [6.07, 6.45) is 4.04. The minimum Gasteiger partial charge on any atom is -0.482 e. The van der Waals surface area contributed by atoms with E-state index < -0.39 is 0 Å². The van der Waals surface area contributed by atoms with E-state index in [9.17, 15) is 9.59 Å². The van der Waals surface area contributed by atoms with Crippen LogP contribution in [0.1, 0.15) is 31.2 Å². The van der Waals surface area contributed by atoms with Crippen molar-refractivity contribution < 1.29 is 19.1 Å². The fourth-order valence-electron chi connectivity index (χ4n) is 3.35. The summed E-state index contributed by atoms with van der Waals surface area (Å²) >= 11 is 0. The van der Waals surface area contributed by atoms with Gasteiger partial charge in [-0.25, -0.2) is 0 Å². The van der Waals surface area contributed by atoms with Crippen LogP contribution in [0.4, 0.5) is 5.69 Å². The highest BCUT2D eigenvalue weighted by atomic mass is 16.5. The SMILES string of the molecule is COC1CCC(NC(=O)CN2C(=O)COc3ccc(C)cc32)CC1. The van der Waals surface area contributed by atoms with E-state index >= 15 is 0 Å². The fourth-order valence-corrected chi connectivity index (χ4v) is 3.35. The Morgan fingerprint density at radius 3 is 2.79 bits per heavy atom. The molecule has 24 heavy (non-hydrogen) atoms. The van der Waals surface area contributed by atoms with Crippen LogP contribution in [0.25, 0.3) is 0 Å². The molecule has 0 aromatic heterocycles. The molecule has 2 amide bonds. The summed E-state index contributed by atoms with van der Waals surface area (Å²) in [5.41, 5.74) is 1.69. The number of nitrogens with one attached hydrogen (secondary N) is 1. The molecule has 1 aromatic rings. The number of fused-ring (bicyclic) bond motifs is 1. The summed E-state index contributed by atoms with van der Waals surface area (Å²) in [7, 11) is 1.73. The maximum Gasteiger partial charge on any atom is 0.265 e. The zero-order valence-corrected chi connectivity index (χ0v) is 14.2. The van der Waals surface area contributed by atoms with E-state index in [1.165, 1.54) is 4.90 Å². The summed E-state index contributed by atoms with van der Waals surface area (Å²) in [6, 6.07) is 5.82. The van der Waals surface area contributed by atoms with Crippen molar-refractivity contribution in [1.82, 2.24) is 5.32 Å². The van der Waals surface area contributed by atoms with Gasteiger partial charge in [-0.2, -0.15) is 0 Å². The fraction of sp³-hybridized carbons (Fsp3) is 0.556. The predicted octanol–water partition coefficient (Wildman–Crippen LogP) is 1.79. The van der Waals surface area contributed by atoms with Gasteiger partial charge in [0.25, 0.3) is 5.91 Å². The number of anilines is 1. The number of ether oxygens (including phenoxy) is 2. The van der Waals surface area contributed by atoms with Crippen molar-refractivity contribution in [3.63, 3.8) is 0 Å². The molecule has 1 fully saturated rings. The van der Waals surface area contributed by atoms with E-state index in [1.807, 2.05) is 25.1 Å². The number of hydrogen-bond donors (Lipinski definition) is 1. The highest BCUT2D eigenvalue weighted by Gasteiger charge is 2.29. The molecule has 1 saturated carbocycles. The first-order valence-electron chi connectivity index (χ1n) is 8.43. The monoisotopic (exact) mass is 332 g/mol. The molecular formula is C18H24N2O4. The Labute approximate surface area is 142 Å². The molecule has 0 atom stereocenters. The number of benzene rings is 1. The van der Waals surface area contributed by atoms with Crippen LogP contribution in [-0.4, -0.2) is 44.2 Å². The first kappa shape index (κ1) is 16.8. The summed E-state index contributed by atoms with van der Waals surface area (Å²) < 4.78 is 10.8. The molecule has 0 unspecified atom stereocenters. The molecule has 0 saturated heterocycles. The largest absolute Gasteiger partial charge is 0.482 e. The number of methoxy groups -OCH3 is 1. The van der Waals surface area contributed by atoms with Gasteiger partial charge >= 0.3 is 0 Å². The molecule has 1 aliphatic heterocycles. The molecule has 1 heterocycles. The van der Waals surface area contributed by atoms with Gasteiger partial charge in [0.1, 0.15) is 12.3 Å². The Bertz CT molecular complexity index is 623. The highest BCUT2D eigenvalue weighted by Crippen LogP contribution is 2.32. The van der Waals surface area contributed by atoms with Crippen LogP contribution in [0, 0.1) is 6.92 Å². The van der Waals surface area contributed by atoms with Crippen molar-refractivity contribution in [1.29, 1.82) is 0 Å². The van der Waals surface area contributed by atoms with E-state index in [1.54, 1.807) is 7.11 Å². The first-order chi connectivity index (χ1) is 11.6. The Morgan fingerprint density at radius 1 is 1.33 bits per heavy atom. The van der Waals surface area contributed by atoms with Crippen LogP contribution in [0.2, 0.25) is 0 Å². The molecule has 130 valence electrons. The van der Waals surface area contributed by atoms with Crippen LogP contribution in [0.5, 0.6) is 5.75 Å². The smallest absolute Gasteiger partial charge is 0.265 e. The van der Waals surface area contributed by atoms with Gasteiger partial charge < -0.3 is 14.8 Å². The van der Waals surface area contributed by atoms with Gasteiger partial charge in [0.2, 0.25) is 5.91 Å². The number of nitrogens with zero attached hydrogens (tertiary/aromatic N) is 1. The van der Waals surface area contributed by atoms with Crippen molar-refractivity contribution in [3.8, 4) is 5.75 Å². The summed E-state index contributed by atoms with van der Waals surface area (Å²) in [5.74, 6) is 0.332. The van der Waals surface area contributed by atoms with Crippen LogP contribution in [-0.2, 0) is 14.3 Å². The summed E-state index contributed by atoms with van der Waals surface area (Å²) in [5, 5.41) is 3.05. The minimum atomic E-state index is -0.189. The molecular weight excluding hydrogens is 308 g/mol.